The number of rotatable bonds is 3. The Bertz CT molecular complexity index is 1530. The molecular formula is C36H46F3N3O6. The van der Waals surface area contributed by atoms with Crippen molar-refractivity contribution in [2.45, 2.75) is 109 Å². The average molecular weight is 674 g/mol. The Kier molecular flexibility index (Phi) is 9.65. The van der Waals surface area contributed by atoms with Gasteiger partial charge >= 0.3 is 12.1 Å². The number of nitrogens with zero attached hydrogens (tertiary/aromatic N) is 3. The maximum absolute atomic E-state index is 14.3. The van der Waals surface area contributed by atoms with Gasteiger partial charge in [0.1, 0.15) is 29.9 Å². The second-order valence-electron chi connectivity index (χ2n) is 15.3. The van der Waals surface area contributed by atoms with E-state index in [1.54, 1.807) is 18.2 Å². The maximum atomic E-state index is 14.3. The van der Waals surface area contributed by atoms with E-state index in [1.807, 2.05) is 20.8 Å². The highest BCUT2D eigenvalue weighted by Gasteiger charge is 2.53. The van der Waals surface area contributed by atoms with E-state index in [1.165, 1.54) is 12.0 Å². The first-order chi connectivity index (χ1) is 22.8. The lowest BCUT2D eigenvalue weighted by Crippen LogP contribution is -2.47. The van der Waals surface area contributed by atoms with Gasteiger partial charge in [-0.3, -0.25) is 9.59 Å². The number of halogens is 3. The van der Waals surface area contributed by atoms with E-state index in [0.717, 1.165) is 44.9 Å². The standard InChI is InChI=1S/C36H46F3N3O6/c1-35(2,3)25-16-31(44)48-32-21-11-10-20(14-21)23(32)8-6-5-7-9-27-33(41-28-15-22(46-4)12-13-26(28)40-27)47-30-18-42(34(25)45)29(19-43)24(30)17-36(37,38)39/h12-13,15,19-21,23-25,29-30,32H,5-11,14,16-18H2,1-4H3/t20-,21+,23-,24+,25-,29-,30+,32-/m1/s1. The zero-order valence-electron chi connectivity index (χ0n) is 28.1. The van der Waals surface area contributed by atoms with Crippen LogP contribution in [0.2, 0.25) is 0 Å². The van der Waals surface area contributed by atoms with Gasteiger partial charge in [0.25, 0.3) is 0 Å². The fraction of sp³-hybridized carbons (Fsp3) is 0.694. The van der Waals surface area contributed by atoms with Gasteiger partial charge in [-0.15, -0.1) is 0 Å². The monoisotopic (exact) mass is 673 g/mol. The summed E-state index contributed by atoms with van der Waals surface area (Å²) < 4.78 is 60.0. The number of carbonyl (C=O) groups is 3. The number of ether oxygens (including phenoxy) is 3. The van der Waals surface area contributed by atoms with Gasteiger partial charge in [-0.1, -0.05) is 33.6 Å². The number of hydrogen-bond acceptors (Lipinski definition) is 8. The SMILES string of the molecule is COc1ccc2nc3c(nc2c1)O[C@H]1CN(C(=O)[C@H](C(C)(C)C)CC(=O)O[C@@H]2[C@H]4CC[C@H](C4)[C@H]2CCCCC3)[C@H](C=O)[C@@H]1CC(F)(F)F. The quantitative estimate of drug-likeness (QED) is 0.269. The Morgan fingerprint density at radius 2 is 1.77 bits per heavy atom. The summed E-state index contributed by atoms with van der Waals surface area (Å²) >= 11 is 0. The van der Waals surface area contributed by atoms with Gasteiger partial charge in [0.05, 0.1) is 49.5 Å². The van der Waals surface area contributed by atoms with Gasteiger partial charge < -0.3 is 23.9 Å². The molecule has 2 saturated carbocycles. The molecule has 262 valence electrons. The van der Waals surface area contributed by atoms with Crippen molar-refractivity contribution in [3.8, 4) is 11.6 Å². The largest absolute Gasteiger partial charge is 0.497 e. The van der Waals surface area contributed by atoms with Gasteiger partial charge in [0.2, 0.25) is 11.8 Å². The minimum atomic E-state index is -4.63. The first-order valence-electron chi connectivity index (χ1n) is 17.3. The van der Waals surface area contributed by atoms with E-state index in [9.17, 15) is 27.6 Å². The summed E-state index contributed by atoms with van der Waals surface area (Å²) in [5.74, 6) is -1.60. The van der Waals surface area contributed by atoms with Gasteiger partial charge in [-0.25, -0.2) is 9.97 Å². The molecule has 48 heavy (non-hydrogen) atoms. The number of aldehydes is 1. The van der Waals surface area contributed by atoms with Crippen LogP contribution in [0.1, 0.15) is 84.3 Å². The number of carbonyl (C=O) groups excluding carboxylic acids is 3. The van der Waals surface area contributed by atoms with E-state index in [4.69, 9.17) is 24.2 Å². The summed E-state index contributed by atoms with van der Waals surface area (Å²) in [6, 6.07) is 3.83. The van der Waals surface area contributed by atoms with Crippen molar-refractivity contribution in [2.24, 2.45) is 35.0 Å². The molecule has 1 amide bonds. The number of hydrogen-bond donors (Lipinski definition) is 0. The number of aromatic nitrogens is 2. The van der Waals surface area contributed by atoms with Gasteiger partial charge in [-0.2, -0.15) is 13.2 Å². The third-order valence-corrected chi connectivity index (χ3v) is 11.2. The molecule has 0 N–H and O–H groups in total. The van der Waals surface area contributed by atoms with Crippen LogP contribution in [0.25, 0.3) is 11.0 Å². The Hall–Kier alpha value is -3.44. The summed E-state index contributed by atoms with van der Waals surface area (Å²) in [5.41, 5.74) is 0.827. The van der Waals surface area contributed by atoms with Crippen LogP contribution in [-0.4, -0.2) is 71.1 Å². The number of benzene rings is 1. The molecule has 2 aliphatic carbocycles. The highest BCUT2D eigenvalue weighted by atomic mass is 19.4. The number of alkyl halides is 3. The summed E-state index contributed by atoms with van der Waals surface area (Å²) in [7, 11) is 1.52. The molecule has 1 saturated heterocycles. The zero-order chi connectivity index (χ0) is 34.4. The third kappa shape index (κ3) is 7.13. The molecule has 12 heteroatoms. The molecule has 0 radical (unpaired) electrons. The molecule has 9 nitrogen and oxygen atoms in total. The van der Waals surface area contributed by atoms with Crippen LogP contribution >= 0.6 is 0 Å². The molecule has 6 rings (SSSR count). The second kappa shape index (κ2) is 13.5. The van der Waals surface area contributed by atoms with E-state index < -0.39 is 53.9 Å². The van der Waals surface area contributed by atoms with Crippen LogP contribution in [0.3, 0.4) is 0 Å². The molecular weight excluding hydrogens is 627 g/mol. The Balaban J connectivity index is 1.40. The Morgan fingerprint density at radius 1 is 1.00 bits per heavy atom. The molecule has 4 aliphatic rings. The molecule has 8 atom stereocenters. The van der Waals surface area contributed by atoms with Crippen molar-refractivity contribution in [1.82, 2.24) is 14.9 Å². The maximum Gasteiger partial charge on any atom is 0.389 e. The highest BCUT2D eigenvalue weighted by Crippen LogP contribution is 2.52. The van der Waals surface area contributed by atoms with Crippen molar-refractivity contribution in [3.05, 3.63) is 23.9 Å². The molecule has 0 unspecified atom stereocenters. The molecule has 3 heterocycles. The number of methoxy groups -OCH3 is 1. The van der Waals surface area contributed by atoms with E-state index >= 15 is 0 Å². The lowest BCUT2D eigenvalue weighted by Gasteiger charge is -2.35. The molecule has 2 aromatic rings. The molecule has 0 spiro atoms. The Labute approximate surface area is 279 Å². The third-order valence-electron chi connectivity index (χ3n) is 11.2. The first-order valence-corrected chi connectivity index (χ1v) is 17.3. The fourth-order valence-corrected chi connectivity index (χ4v) is 8.66. The smallest absolute Gasteiger partial charge is 0.389 e. The van der Waals surface area contributed by atoms with Crippen LogP contribution < -0.4 is 9.47 Å². The van der Waals surface area contributed by atoms with Gasteiger partial charge in [-0.05, 0) is 73.8 Å². The highest BCUT2D eigenvalue weighted by molar-refractivity contribution is 5.87. The van der Waals surface area contributed by atoms with Crippen LogP contribution in [0.4, 0.5) is 13.2 Å². The minimum absolute atomic E-state index is 0.0945. The van der Waals surface area contributed by atoms with Crippen molar-refractivity contribution in [2.75, 3.05) is 13.7 Å². The van der Waals surface area contributed by atoms with Crippen molar-refractivity contribution >= 4 is 29.2 Å². The van der Waals surface area contributed by atoms with Crippen molar-refractivity contribution in [1.29, 1.82) is 0 Å². The number of amides is 1. The van der Waals surface area contributed by atoms with Gasteiger partial charge in [0.15, 0.2) is 0 Å². The van der Waals surface area contributed by atoms with E-state index in [2.05, 4.69) is 0 Å². The molecule has 4 bridgehead atoms. The van der Waals surface area contributed by atoms with Crippen molar-refractivity contribution < 1.29 is 41.8 Å². The first kappa shape index (κ1) is 34.4. The summed E-state index contributed by atoms with van der Waals surface area (Å²) in [5, 5.41) is 0. The summed E-state index contributed by atoms with van der Waals surface area (Å²) in [4.78, 5) is 51.1. The molecule has 1 aromatic carbocycles. The number of esters is 1. The van der Waals surface area contributed by atoms with Crippen LogP contribution in [0.15, 0.2) is 18.2 Å². The van der Waals surface area contributed by atoms with Crippen LogP contribution in [-0.2, 0) is 25.5 Å². The van der Waals surface area contributed by atoms with Crippen LogP contribution in [0.5, 0.6) is 11.6 Å². The predicted octanol–water partition coefficient (Wildman–Crippen LogP) is 6.49. The topological polar surface area (TPSA) is 108 Å². The lowest BCUT2D eigenvalue weighted by molar-refractivity contribution is -0.161. The molecule has 2 aliphatic heterocycles. The van der Waals surface area contributed by atoms with Crippen LogP contribution in [0, 0.1) is 35.0 Å². The van der Waals surface area contributed by atoms with Crippen molar-refractivity contribution in [3.63, 3.8) is 0 Å². The van der Waals surface area contributed by atoms with E-state index in [0.29, 0.717) is 47.0 Å². The zero-order valence-corrected chi connectivity index (χ0v) is 28.1. The number of aryl methyl sites for hydroxylation is 1. The predicted molar refractivity (Wildman–Crippen MR) is 170 cm³/mol. The lowest BCUT2D eigenvalue weighted by atomic mass is 9.77. The summed E-state index contributed by atoms with van der Waals surface area (Å²) in [6.07, 6.45) is 0.0309. The molecule has 1 aromatic heterocycles. The fourth-order valence-electron chi connectivity index (χ4n) is 8.66. The minimum Gasteiger partial charge on any atom is -0.497 e. The second-order valence-corrected chi connectivity index (χ2v) is 15.3. The normalized spacial score (nSPS) is 31.8. The molecule has 3 fully saturated rings. The summed E-state index contributed by atoms with van der Waals surface area (Å²) in [6.45, 7) is 5.17. The average Bonchev–Trinajstić information content (AvgIpc) is 3.71. The Morgan fingerprint density at radius 3 is 2.48 bits per heavy atom. The number of fused-ring (bicyclic) bond motifs is 9. The van der Waals surface area contributed by atoms with E-state index in [-0.39, 0.29) is 30.9 Å². The van der Waals surface area contributed by atoms with Gasteiger partial charge in [0, 0.05) is 12.0 Å².